The summed E-state index contributed by atoms with van der Waals surface area (Å²) in [4.78, 5) is 29.5. The molecule has 0 radical (unpaired) electrons. The first-order chi connectivity index (χ1) is 15.9. The van der Waals surface area contributed by atoms with E-state index in [1.165, 1.54) is 0 Å². The molecule has 0 aliphatic heterocycles. The Morgan fingerprint density at radius 1 is 1.12 bits per heavy atom. The number of aryl methyl sites for hydroxylation is 3. The van der Waals surface area contributed by atoms with Gasteiger partial charge in [0, 0.05) is 30.9 Å². The first-order valence-corrected chi connectivity index (χ1v) is 11.8. The molecule has 2 aromatic rings. The molecule has 34 heavy (non-hydrogen) atoms. The monoisotopic (exact) mass is 469 g/mol. The molecule has 0 aliphatic carbocycles. The molecule has 1 heterocycles. The van der Waals surface area contributed by atoms with E-state index in [0.29, 0.717) is 18.7 Å². The van der Waals surface area contributed by atoms with E-state index in [2.05, 4.69) is 19.2 Å². The fourth-order valence-electron chi connectivity index (χ4n) is 3.58. The van der Waals surface area contributed by atoms with E-state index in [1.54, 1.807) is 18.5 Å². The van der Waals surface area contributed by atoms with Crippen molar-refractivity contribution in [3.8, 4) is 0 Å². The van der Waals surface area contributed by atoms with Gasteiger partial charge in [-0.05, 0) is 55.9 Å². The molecule has 0 aliphatic rings. The Bertz CT molecular complexity index is 1060. The van der Waals surface area contributed by atoms with Crippen molar-refractivity contribution in [3.63, 3.8) is 0 Å². The Morgan fingerprint density at radius 2 is 1.79 bits per heavy atom. The highest BCUT2D eigenvalue weighted by atomic mass is 16.5. The molecule has 0 spiro atoms. The van der Waals surface area contributed by atoms with Crippen LogP contribution in [0.5, 0.6) is 0 Å². The normalized spacial score (nSPS) is 13.9. The van der Waals surface area contributed by atoms with Gasteiger partial charge in [0.1, 0.15) is 6.04 Å². The highest BCUT2D eigenvalue weighted by Crippen LogP contribution is 2.24. The van der Waals surface area contributed by atoms with Gasteiger partial charge < -0.3 is 14.4 Å². The van der Waals surface area contributed by atoms with Crippen LogP contribution in [-0.2, 0) is 23.1 Å². The molecule has 186 valence electrons. The van der Waals surface area contributed by atoms with Crippen LogP contribution in [0.4, 0.5) is 5.69 Å². The lowest BCUT2D eigenvalue weighted by molar-refractivity contribution is -0.150. The second-order valence-corrected chi connectivity index (χ2v) is 9.72. The van der Waals surface area contributed by atoms with Crippen molar-refractivity contribution in [2.45, 2.75) is 67.2 Å². The Balaban J connectivity index is 2.31. The van der Waals surface area contributed by atoms with Crippen molar-refractivity contribution in [3.05, 3.63) is 63.1 Å². The number of hydrogen-bond donors (Lipinski definition) is 2. The van der Waals surface area contributed by atoms with Crippen LogP contribution in [0.25, 0.3) is 0 Å². The predicted molar refractivity (Wildman–Crippen MR) is 137 cm³/mol. The second kappa shape index (κ2) is 12.1. The van der Waals surface area contributed by atoms with Gasteiger partial charge in [-0.15, -0.1) is 0 Å². The minimum atomic E-state index is -0.886. The number of hydrogen-bond acceptors (Lipinski definition) is 6. The number of aliphatic hydroxyl groups is 1. The lowest BCUT2D eigenvalue weighted by Gasteiger charge is -2.21. The number of aliphatic imine (C=N–C) groups is 1. The second-order valence-electron chi connectivity index (χ2n) is 9.72. The van der Waals surface area contributed by atoms with Crippen molar-refractivity contribution >= 4 is 17.4 Å². The van der Waals surface area contributed by atoms with Gasteiger partial charge in [-0.3, -0.25) is 19.9 Å². The van der Waals surface area contributed by atoms with Crippen LogP contribution < -0.4 is 10.9 Å². The number of esters is 1. The van der Waals surface area contributed by atoms with Gasteiger partial charge in [0.05, 0.1) is 24.1 Å². The molecule has 2 atom stereocenters. The van der Waals surface area contributed by atoms with Crippen molar-refractivity contribution in [1.82, 2.24) is 9.88 Å². The van der Waals surface area contributed by atoms with Gasteiger partial charge in [0.2, 0.25) is 0 Å². The van der Waals surface area contributed by atoms with E-state index in [4.69, 9.17) is 9.73 Å². The summed E-state index contributed by atoms with van der Waals surface area (Å²) >= 11 is 0. The molecule has 2 N–H and O–H groups in total. The molecule has 2 rings (SSSR count). The highest BCUT2D eigenvalue weighted by molar-refractivity contribution is 6.03. The lowest BCUT2D eigenvalue weighted by atomic mass is 9.99. The third-order valence-electron chi connectivity index (χ3n) is 5.54. The minimum absolute atomic E-state index is 0.0179. The summed E-state index contributed by atoms with van der Waals surface area (Å²) in [6.07, 6.45) is 0.938. The zero-order valence-corrected chi connectivity index (χ0v) is 21.7. The fraction of sp³-hybridized carbons (Fsp3) is 0.519. The number of pyridine rings is 1. The Morgan fingerprint density at radius 3 is 2.35 bits per heavy atom. The molecule has 7 nitrogen and oxygen atoms in total. The van der Waals surface area contributed by atoms with Crippen molar-refractivity contribution in [1.29, 1.82) is 0 Å². The van der Waals surface area contributed by atoms with E-state index in [0.717, 1.165) is 28.1 Å². The average Bonchev–Trinajstić information content (AvgIpc) is 2.75. The van der Waals surface area contributed by atoms with E-state index < -0.39 is 18.1 Å². The van der Waals surface area contributed by atoms with Gasteiger partial charge in [-0.2, -0.15) is 0 Å². The third-order valence-corrected chi connectivity index (χ3v) is 5.54. The molecule has 2 unspecified atom stereocenters. The summed E-state index contributed by atoms with van der Waals surface area (Å²) in [6, 6.07) is 7.03. The molecule has 0 bridgehead atoms. The Labute approximate surface area is 202 Å². The number of carbonyl (C=O) groups is 1. The summed E-state index contributed by atoms with van der Waals surface area (Å²) in [5.74, 6) is -0.0864. The number of aliphatic hydroxyl groups excluding tert-OH is 1. The van der Waals surface area contributed by atoms with E-state index in [-0.39, 0.29) is 17.4 Å². The van der Waals surface area contributed by atoms with Gasteiger partial charge in [0.15, 0.2) is 0 Å². The number of ether oxygens (including phenoxy) is 1. The largest absolute Gasteiger partial charge is 0.464 e. The standard InChI is InChI=1S/C27H39N3O4/c1-16(2)15-34-27(33)25(20(7)31)28-13-21-10-9-18(5)23(12-21)29-24(17(3)4)22-11-19(6)26(32)30(8)14-22/h9-12,14,16-17,20,25,28,31H,13,15H2,1-8H3. The number of rotatable bonds is 10. The van der Waals surface area contributed by atoms with Crippen LogP contribution >= 0.6 is 0 Å². The average molecular weight is 470 g/mol. The van der Waals surface area contributed by atoms with Crippen LogP contribution in [0.2, 0.25) is 0 Å². The van der Waals surface area contributed by atoms with Crippen LogP contribution in [0.15, 0.2) is 40.2 Å². The molecule has 7 heteroatoms. The van der Waals surface area contributed by atoms with Crippen molar-refractivity contribution < 1.29 is 14.6 Å². The first kappa shape index (κ1) is 27.5. The van der Waals surface area contributed by atoms with Gasteiger partial charge >= 0.3 is 5.97 Å². The SMILES string of the molecule is Cc1ccc(CNC(C(=O)OCC(C)C)C(C)O)cc1N=C(c1cc(C)c(=O)n(C)c1)C(C)C. The van der Waals surface area contributed by atoms with Crippen molar-refractivity contribution in [2.24, 2.45) is 23.9 Å². The topological polar surface area (TPSA) is 92.9 Å². The number of aromatic nitrogens is 1. The Kier molecular flexibility index (Phi) is 9.77. The maximum Gasteiger partial charge on any atom is 0.325 e. The molecule has 0 saturated carbocycles. The van der Waals surface area contributed by atoms with Crippen LogP contribution in [-0.4, -0.2) is 40.1 Å². The minimum Gasteiger partial charge on any atom is -0.464 e. The van der Waals surface area contributed by atoms with Crippen LogP contribution in [0, 0.1) is 25.7 Å². The summed E-state index contributed by atoms with van der Waals surface area (Å²) < 4.78 is 6.89. The maximum absolute atomic E-state index is 12.4. The lowest BCUT2D eigenvalue weighted by Crippen LogP contribution is -2.45. The summed E-state index contributed by atoms with van der Waals surface area (Å²) in [5.41, 5.74) is 5.25. The number of nitrogens with one attached hydrogen (secondary N) is 1. The van der Waals surface area contributed by atoms with E-state index in [9.17, 15) is 14.7 Å². The molecule has 0 fully saturated rings. The fourth-order valence-corrected chi connectivity index (χ4v) is 3.58. The third kappa shape index (κ3) is 7.37. The summed E-state index contributed by atoms with van der Waals surface area (Å²) in [5, 5.41) is 13.2. The van der Waals surface area contributed by atoms with Gasteiger partial charge in [-0.1, -0.05) is 39.8 Å². The first-order valence-electron chi connectivity index (χ1n) is 11.8. The number of nitrogens with zero attached hydrogens (tertiary/aromatic N) is 2. The maximum atomic E-state index is 12.4. The molecular formula is C27H39N3O4. The highest BCUT2D eigenvalue weighted by Gasteiger charge is 2.25. The number of carbonyl (C=O) groups excluding carboxylic acids is 1. The molecule has 0 amide bonds. The van der Waals surface area contributed by atoms with Gasteiger partial charge in [0.25, 0.3) is 5.56 Å². The summed E-state index contributed by atoms with van der Waals surface area (Å²) in [7, 11) is 1.75. The quantitative estimate of drug-likeness (QED) is 0.408. The predicted octanol–water partition coefficient (Wildman–Crippen LogP) is 3.82. The molecule has 1 aromatic carbocycles. The number of benzene rings is 1. The molecule has 0 saturated heterocycles. The molecular weight excluding hydrogens is 430 g/mol. The van der Waals surface area contributed by atoms with Crippen molar-refractivity contribution in [2.75, 3.05) is 6.61 Å². The van der Waals surface area contributed by atoms with E-state index >= 15 is 0 Å². The summed E-state index contributed by atoms with van der Waals surface area (Å²) in [6.45, 7) is 14.2. The zero-order valence-electron chi connectivity index (χ0n) is 21.7. The van der Waals surface area contributed by atoms with Gasteiger partial charge in [-0.25, -0.2) is 0 Å². The zero-order chi connectivity index (χ0) is 25.6. The smallest absolute Gasteiger partial charge is 0.325 e. The van der Waals surface area contributed by atoms with Crippen LogP contribution in [0.1, 0.15) is 56.9 Å². The Hall–Kier alpha value is -2.77. The van der Waals surface area contributed by atoms with E-state index in [1.807, 2.05) is 58.2 Å². The van der Waals surface area contributed by atoms with Crippen LogP contribution in [0.3, 0.4) is 0 Å². The molecule has 1 aromatic heterocycles.